The van der Waals surface area contributed by atoms with E-state index in [1.807, 2.05) is 24.3 Å². The van der Waals surface area contributed by atoms with Crippen molar-refractivity contribution in [2.24, 2.45) is 5.92 Å². The summed E-state index contributed by atoms with van der Waals surface area (Å²) in [6.07, 6.45) is 6.83. The number of rotatable bonds is 9. The monoisotopic (exact) mass is 487 g/mol. The minimum absolute atomic E-state index is 0.173. The molecular formula is C26H29N7O3. The second kappa shape index (κ2) is 11.2. The van der Waals surface area contributed by atoms with Crippen LogP contribution in [0.1, 0.15) is 12.5 Å². The Morgan fingerprint density at radius 1 is 1.08 bits per heavy atom. The molecular weight excluding hydrogens is 458 g/mol. The lowest BCUT2D eigenvalue weighted by Gasteiger charge is -2.29. The molecule has 0 radical (unpaired) electrons. The SMILES string of the molecule is CC(COc1cnc(-c2cccc(Cn3nc(-c4cn[nH]c4)ccc3=O)c2)nc1)CN1CCOCC1. The molecule has 186 valence electrons. The van der Waals surface area contributed by atoms with Gasteiger partial charge < -0.3 is 9.47 Å². The molecule has 0 spiro atoms. The Bertz CT molecular complexity index is 1320. The summed E-state index contributed by atoms with van der Waals surface area (Å²) in [4.78, 5) is 23.8. The molecule has 0 aliphatic carbocycles. The first-order chi connectivity index (χ1) is 17.6. The topological polar surface area (TPSA) is 111 Å². The van der Waals surface area contributed by atoms with Crippen LogP contribution in [0.2, 0.25) is 0 Å². The van der Waals surface area contributed by atoms with Gasteiger partial charge in [-0.2, -0.15) is 10.2 Å². The maximum Gasteiger partial charge on any atom is 0.267 e. The summed E-state index contributed by atoms with van der Waals surface area (Å²) in [6.45, 7) is 7.66. The van der Waals surface area contributed by atoms with Crippen LogP contribution in [0, 0.1) is 5.92 Å². The summed E-state index contributed by atoms with van der Waals surface area (Å²) in [7, 11) is 0. The largest absolute Gasteiger partial charge is 0.490 e. The maximum atomic E-state index is 12.4. The second-order valence-corrected chi connectivity index (χ2v) is 8.97. The second-order valence-electron chi connectivity index (χ2n) is 8.97. The molecule has 1 fully saturated rings. The van der Waals surface area contributed by atoms with Crippen molar-refractivity contribution < 1.29 is 9.47 Å². The van der Waals surface area contributed by atoms with E-state index in [-0.39, 0.29) is 5.56 Å². The van der Waals surface area contributed by atoms with Crippen molar-refractivity contribution in [1.82, 2.24) is 34.8 Å². The number of nitrogens with one attached hydrogen (secondary N) is 1. The fraction of sp³-hybridized carbons (Fsp3) is 0.346. The third kappa shape index (κ3) is 6.02. The average Bonchev–Trinajstić information content (AvgIpc) is 3.45. The Morgan fingerprint density at radius 3 is 2.69 bits per heavy atom. The standard InChI is InChI=1S/C26H29N7O3/c1-19(16-32-7-9-35-10-8-32)18-36-23-14-27-26(28-15-23)21-4-2-3-20(11-21)17-33-25(34)6-5-24(31-33)22-12-29-30-13-22/h2-6,11-15,19H,7-10,16-18H2,1H3,(H,29,30). The van der Waals surface area contributed by atoms with Crippen molar-refractivity contribution >= 4 is 0 Å². The van der Waals surface area contributed by atoms with Crippen LogP contribution in [0.15, 0.2) is 66.0 Å². The molecule has 1 aliphatic rings. The van der Waals surface area contributed by atoms with Crippen LogP contribution in [0.5, 0.6) is 5.75 Å². The van der Waals surface area contributed by atoms with Crippen molar-refractivity contribution in [3.8, 4) is 28.4 Å². The molecule has 1 saturated heterocycles. The Morgan fingerprint density at radius 2 is 1.92 bits per heavy atom. The van der Waals surface area contributed by atoms with Crippen molar-refractivity contribution in [2.45, 2.75) is 13.5 Å². The van der Waals surface area contributed by atoms with E-state index in [4.69, 9.17) is 9.47 Å². The smallest absolute Gasteiger partial charge is 0.267 e. The van der Waals surface area contributed by atoms with Gasteiger partial charge in [-0.25, -0.2) is 14.6 Å². The fourth-order valence-electron chi connectivity index (χ4n) is 4.14. The Hall–Kier alpha value is -3.89. The quantitative estimate of drug-likeness (QED) is 0.383. The molecule has 4 heterocycles. The summed E-state index contributed by atoms with van der Waals surface area (Å²) in [5.74, 6) is 1.64. The molecule has 1 aromatic carbocycles. The van der Waals surface area contributed by atoms with Gasteiger partial charge >= 0.3 is 0 Å². The van der Waals surface area contributed by atoms with Crippen LogP contribution in [0.25, 0.3) is 22.6 Å². The van der Waals surface area contributed by atoms with Crippen molar-refractivity contribution in [3.05, 3.63) is 77.1 Å². The Kier molecular flexibility index (Phi) is 7.44. The molecule has 5 rings (SSSR count). The van der Waals surface area contributed by atoms with Crippen molar-refractivity contribution in [3.63, 3.8) is 0 Å². The summed E-state index contributed by atoms with van der Waals surface area (Å²) >= 11 is 0. The van der Waals surface area contributed by atoms with Crippen LogP contribution in [0.4, 0.5) is 0 Å². The number of hydrogen-bond acceptors (Lipinski definition) is 8. The number of morpholine rings is 1. The molecule has 3 aromatic heterocycles. The molecule has 0 bridgehead atoms. The van der Waals surface area contributed by atoms with E-state index in [1.165, 1.54) is 10.7 Å². The zero-order valence-electron chi connectivity index (χ0n) is 20.2. The zero-order valence-corrected chi connectivity index (χ0v) is 20.2. The minimum Gasteiger partial charge on any atom is -0.490 e. The number of nitrogens with zero attached hydrogens (tertiary/aromatic N) is 6. The zero-order chi connectivity index (χ0) is 24.7. The Labute approximate surface area is 208 Å². The molecule has 1 aliphatic heterocycles. The van der Waals surface area contributed by atoms with E-state index < -0.39 is 0 Å². The highest BCUT2D eigenvalue weighted by atomic mass is 16.5. The third-order valence-electron chi connectivity index (χ3n) is 6.01. The fourth-order valence-corrected chi connectivity index (χ4v) is 4.14. The van der Waals surface area contributed by atoms with Crippen LogP contribution in [0.3, 0.4) is 0 Å². The van der Waals surface area contributed by atoms with Crippen LogP contribution < -0.4 is 10.3 Å². The maximum absolute atomic E-state index is 12.4. The molecule has 36 heavy (non-hydrogen) atoms. The molecule has 0 amide bonds. The minimum atomic E-state index is -0.173. The number of aromatic amines is 1. The van der Waals surface area contributed by atoms with Gasteiger partial charge in [0.1, 0.15) is 0 Å². The van der Waals surface area contributed by atoms with Crippen LogP contribution in [-0.2, 0) is 11.3 Å². The third-order valence-corrected chi connectivity index (χ3v) is 6.01. The first-order valence-corrected chi connectivity index (χ1v) is 12.1. The lowest BCUT2D eigenvalue weighted by molar-refractivity contribution is 0.0283. The van der Waals surface area contributed by atoms with Crippen LogP contribution >= 0.6 is 0 Å². The molecule has 1 N–H and O–H groups in total. The van der Waals surface area contributed by atoms with Gasteiger partial charge in [0.05, 0.1) is 50.6 Å². The van der Waals surface area contributed by atoms with E-state index in [0.29, 0.717) is 36.3 Å². The number of H-pyrrole nitrogens is 1. The lowest BCUT2D eigenvalue weighted by Crippen LogP contribution is -2.39. The predicted molar refractivity (Wildman–Crippen MR) is 135 cm³/mol. The summed E-state index contributed by atoms with van der Waals surface area (Å²) in [5, 5.41) is 11.2. The van der Waals surface area contributed by atoms with E-state index in [2.05, 4.69) is 37.1 Å². The van der Waals surface area contributed by atoms with Gasteiger partial charge in [-0.15, -0.1) is 0 Å². The summed E-state index contributed by atoms with van der Waals surface area (Å²) < 4.78 is 12.8. The first-order valence-electron chi connectivity index (χ1n) is 12.1. The predicted octanol–water partition coefficient (Wildman–Crippen LogP) is 2.49. The van der Waals surface area contributed by atoms with E-state index in [1.54, 1.807) is 30.9 Å². The van der Waals surface area contributed by atoms with Gasteiger partial charge in [0.25, 0.3) is 5.56 Å². The highest BCUT2D eigenvalue weighted by Gasteiger charge is 2.14. The molecule has 1 unspecified atom stereocenters. The first kappa shape index (κ1) is 23.8. The number of benzene rings is 1. The number of ether oxygens (including phenoxy) is 2. The van der Waals surface area contributed by atoms with E-state index >= 15 is 0 Å². The average molecular weight is 488 g/mol. The normalized spacial score (nSPS) is 15.0. The van der Waals surface area contributed by atoms with Gasteiger partial charge in [-0.05, 0) is 17.7 Å². The number of aromatic nitrogens is 6. The van der Waals surface area contributed by atoms with Gasteiger partial charge in [-0.3, -0.25) is 14.8 Å². The highest BCUT2D eigenvalue weighted by Crippen LogP contribution is 2.19. The van der Waals surface area contributed by atoms with Gasteiger partial charge in [-0.1, -0.05) is 25.1 Å². The lowest BCUT2D eigenvalue weighted by atomic mass is 10.1. The van der Waals surface area contributed by atoms with Crippen molar-refractivity contribution in [2.75, 3.05) is 39.5 Å². The van der Waals surface area contributed by atoms with Gasteiger partial charge in [0.15, 0.2) is 11.6 Å². The highest BCUT2D eigenvalue weighted by molar-refractivity contribution is 5.57. The molecule has 10 nitrogen and oxygen atoms in total. The number of hydrogen-bond donors (Lipinski definition) is 1. The summed E-state index contributed by atoms with van der Waals surface area (Å²) in [6, 6.07) is 11.0. The molecule has 4 aromatic rings. The Balaban J connectivity index is 1.22. The van der Waals surface area contributed by atoms with Crippen molar-refractivity contribution in [1.29, 1.82) is 0 Å². The van der Waals surface area contributed by atoms with Gasteiger partial charge in [0.2, 0.25) is 0 Å². The summed E-state index contributed by atoms with van der Waals surface area (Å²) in [5.41, 5.74) is 3.11. The van der Waals surface area contributed by atoms with E-state index in [0.717, 1.165) is 49.5 Å². The molecule has 0 saturated carbocycles. The van der Waals surface area contributed by atoms with E-state index in [9.17, 15) is 4.79 Å². The molecule has 1 atom stereocenters. The van der Waals surface area contributed by atoms with Gasteiger partial charge in [0, 0.05) is 48.9 Å². The molecule has 10 heteroatoms. The van der Waals surface area contributed by atoms with Crippen LogP contribution in [-0.4, -0.2) is 74.3 Å².